The maximum Gasteiger partial charge on any atom is 0.0437 e. The summed E-state index contributed by atoms with van der Waals surface area (Å²) in [6, 6.07) is 8.25. The molecule has 0 bridgehead atoms. The molecule has 0 radical (unpaired) electrons. The molecule has 0 saturated heterocycles. The molecule has 0 spiro atoms. The zero-order valence-electron chi connectivity index (χ0n) is 8.96. The van der Waals surface area contributed by atoms with Crippen LogP contribution in [0.4, 0.5) is 5.69 Å². The summed E-state index contributed by atoms with van der Waals surface area (Å²) in [5, 5.41) is 0. The van der Waals surface area contributed by atoms with Gasteiger partial charge in [0.15, 0.2) is 0 Å². The van der Waals surface area contributed by atoms with E-state index in [1.54, 1.807) is 0 Å². The molecule has 0 atom stereocenters. The first-order valence-electron chi connectivity index (χ1n) is 4.81. The van der Waals surface area contributed by atoms with E-state index < -0.39 is 0 Å². The van der Waals surface area contributed by atoms with E-state index in [1.165, 1.54) is 11.3 Å². The molecule has 0 unspecified atom stereocenters. The van der Waals surface area contributed by atoms with Crippen LogP contribution in [0.15, 0.2) is 30.8 Å². The summed E-state index contributed by atoms with van der Waals surface area (Å²) >= 11 is 0. The van der Waals surface area contributed by atoms with Crippen LogP contribution in [0, 0.1) is 0 Å². The Bertz CT molecular complexity index is 316. The van der Waals surface area contributed by atoms with Crippen LogP contribution < -0.4 is 10.6 Å². The van der Waals surface area contributed by atoms with E-state index in [0.717, 1.165) is 12.0 Å². The summed E-state index contributed by atoms with van der Waals surface area (Å²) in [6.45, 7) is 4.70. The molecule has 14 heavy (non-hydrogen) atoms. The van der Waals surface area contributed by atoms with Crippen LogP contribution in [-0.4, -0.2) is 20.6 Å². The molecule has 1 rings (SSSR count). The van der Waals surface area contributed by atoms with Gasteiger partial charge >= 0.3 is 0 Å². The summed E-state index contributed by atoms with van der Waals surface area (Å²) in [6.07, 6.45) is 0.852. The molecule has 0 aliphatic rings. The first-order chi connectivity index (χ1) is 6.66. The van der Waals surface area contributed by atoms with Crippen molar-refractivity contribution in [2.45, 2.75) is 6.42 Å². The van der Waals surface area contributed by atoms with Gasteiger partial charge in [0, 0.05) is 25.3 Å². The molecule has 2 heteroatoms. The molecule has 76 valence electrons. The molecule has 0 heterocycles. The average Bonchev–Trinajstić information content (AvgIpc) is 2.18. The first-order valence-corrected chi connectivity index (χ1v) is 4.81. The highest BCUT2D eigenvalue weighted by Gasteiger charge is 2.05. The molecule has 0 amide bonds. The molecule has 1 aromatic carbocycles. The second kappa shape index (κ2) is 4.82. The molecule has 1 aromatic rings. The highest BCUT2D eigenvalue weighted by Crippen LogP contribution is 2.26. The van der Waals surface area contributed by atoms with Crippen LogP contribution in [0.5, 0.6) is 0 Å². The second-order valence-electron chi connectivity index (χ2n) is 3.55. The molecule has 0 fully saturated rings. The van der Waals surface area contributed by atoms with Crippen LogP contribution in [0.1, 0.15) is 12.0 Å². The van der Waals surface area contributed by atoms with Gasteiger partial charge in [-0.05, 0) is 24.6 Å². The van der Waals surface area contributed by atoms with Crippen molar-refractivity contribution in [2.75, 3.05) is 25.5 Å². The minimum atomic E-state index is 0.653. The van der Waals surface area contributed by atoms with Crippen molar-refractivity contribution in [2.24, 2.45) is 5.73 Å². The van der Waals surface area contributed by atoms with Gasteiger partial charge in [-0.2, -0.15) is 0 Å². The highest BCUT2D eigenvalue weighted by molar-refractivity contribution is 5.75. The average molecular weight is 190 g/mol. The molecule has 2 N–H and O–H groups in total. The van der Waals surface area contributed by atoms with E-state index in [-0.39, 0.29) is 0 Å². The zero-order chi connectivity index (χ0) is 10.6. The smallest absolute Gasteiger partial charge is 0.0437 e. The largest absolute Gasteiger partial charge is 0.377 e. The van der Waals surface area contributed by atoms with Crippen molar-refractivity contribution in [3.63, 3.8) is 0 Å². The Labute approximate surface area is 86.0 Å². The third kappa shape index (κ3) is 2.36. The van der Waals surface area contributed by atoms with Crippen LogP contribution in [0.25, 0.3) is 5.57 Å². The van der Waals surface area contributed by atoms with Gasteiger partial charge in [0.2, 0.25) is 0 Å². The summed E-state index contributed by atoms with van der Waals surface area (Å²) < 4.78 is 0. The van der Waals surface area contributed by atoms with Gasteiger partial charge in [-0.3, -0.25) is 0 Å². The molecular weight excluding hydrogens is 172 g/mol. The van der Waals surface area contributed by atoms with Crippen molar-refractivity contribution >= 4 is 11.3 Å². The van der Waals surface area contributed by atoms with Gasteiger partial charge in [0.05, 0.1) is 0 Å². The molecule has 0 aliphatic heterocycles. The van der Waals surface area contributed by atoms with Crippen LogP contribution in [0.3, 0.4) is 0 Å². The SMILES string of the molecule is C=C(CCN)c1ccccc1N(C)C. The number of benzene rings is 1. The quantitative estimate of drug-likeness (QED) is 0.788. The molecule has 0 saturated carbocycles. The molecule has 2 nitrogen and oxygen atoms in total. The summed E-state index contributed by atoms with van der Waals surface area (Å²) in [7, 11) is 4.07. The molecule has 0 aromatic heterocycles. The van der Waals surface area contributed by atoms with E-state index >= 15 is 0 Å². The van der Waals surface area contributed by atoms with Gasteiger partial charge in [-0.25, -0.2) is 0 Å². The minimum Gasteiger partial charge on any atom is -0.377 e. The van der Waals surface area contributed by atoms with Gasteiger partial charge in [-0.1, -0.05) is 24.8 Å². The van der Waals surface area contributed by atoms with E-state index in [0.29, 0.717) is 6.54 Å². The monoisotopic (exact) mass is 190 g/mol. The third-order valence-electron chi connectivity index (χ3n) is 2.21. The normalized spacial score (nSPS) is 9.93. The van der Waals surface area contributed by atoms with Crippen molar-refractivity contribution in [3.8, 4) is 0 Å². The summed E-state index contributed by atoms with van der Waals surface area (Å²) in [5.74, 6) is 0. The lowest BCUT2D eigenvalue weighted by molar-refractivity contribution is 1.02. The number of nitrogens with zero attached hydrogens (tertiary/aromatic N) is 1. The molecule has 0 aliphatic carbocycles. The number of rotatable bonds is 4. The Morgan fingerprint density at radius 3 is 2.57 bits per heavy atom. The number of nitrogens with two attached hydrogens (primary N) is 1. The Morgan fingerprint density at radius 2 is 2.00 bits per heavy atom. The number of para-hydroxylation sites is 1. The van der Waals surface area contributed by atoms with E-state index in [9.17, 15) is 0 Å². The van der Waals surface area contributed by atoms with Crippen LogP contribution in [0.2, 0.25) is 0 Å². The van der Waals surface area contributed by atoms with E-state index in [1.807, 2.05) is 26.2 Å². The van der Waals surface area contributed by atoms with Crippen molar-refractivity contribution in [3.05, 3.63) is 36.4 Å². The fourth-order valence-corrected chi connectivity index (χ4v) is 1.47. The van der Waals surface area contributed by atoms with Gasteiger partial charge < -0.3 is 10.6 Å². The van der Waals surface area contributed by atoms with Crippen LogP contribution >= 0.6 is 0 Å². The van der Waals surface area contributed by atoms with E-state index in [4.69, 9.17) is 5.73 Å². The summed E-state index contributed by atoms with van der Waals surface area (Å²) in [5.41, 5.74) is 9.02. The number of hydrogen-bond donors (Lipinski definition) is 1. The van der Waals surface area contributed by atoms with Crippen molar-refractivity contribution in [1.82, 2.24) is 0 Å². The maximum absolute atomic E-state index is 5.52. The Kier molecular flexibility index (Phi) is 3.72. The topological polar surface area (TPSA) is 29.3 Å². The Balaban J connectivity index is 3.00. The van der Waals surface area contributed by atoms with Crippen LogP contribution in [-0.2, 0) is 0 Å². The fraction of sp³-hybridized carbons (Fsp3) is 0.333. The minimum absolute atomic E-state index is 0.653. The second-order valence-corrected chi connectivity index (χ2v) is 3.55. The maximum atomic E-state index is 5.52. The Hall–Kier alpha value is -1.28. The number of hydrogen-bond acceptors (Lipinski definition) is 2. The standard InChI is InChI=1S/C12H18N2/c1-10(8-9-13)11-6-4-5-7-12(11)14(2)3/h4-7H,1,8-9,13H2,2-3H3. The summed E-state index contributed by atoms with van der Waals surface area (Å²) in [4.78, 5) is 2.09. The van der Waals surface area contributed by atoms with Gasteiger partial charge in [0.1, 0.15) is 0 Å². The predicted octanol–water partition coefficient (Wildman–Crippen LogP) is 2.11. The fourth-order valence-electron chi connectivity index (χ4n) is 1.47. The molecular formula is C12H18N2. The van der Waals surface area contributed by atoms with Gasteiger partial charge in [0.25, 0.3) is 0 Å². The lowest BCUT2D eigenvalue weighted by Crippen LogP contribution is -2.11. The van der Waals surface area contributed by atoms with Gasteiger partial charge in [-0.15, -0.1) is 0 Å². The first kappa shape index (κ1) is 10.8. The van der Waals surface area contributed by atoms with Crippen molar-refractivity contribution in [1.29, 1.82) is 0 Å². The van der Waals surface area contributed by atoms with E-state index in [2.05, 4.69) is 23.6 Å². The zero-order valence-corrected chi connectivity index (χ0v) is 8.96. The van der Waals surface area contributed by atoms with Crippen molar-refractivity contribution < 1.29 is 0 Å². The lowest BCUT2D eigenvalue weighted by atomic mass is 10.0. The lowest BCUT2D eigenvalue weighted by Gasteiger charge is -2.18. The third-order valence-corrected chi connectivity index (χ3v) is 2.21. The Morgan fingerprint density at radius 1 is 1.36 bits per heavy atom. The number of anilines is 1. The highest BCUT2D eigenvalue weighted by atomic mass is 15.1. The predicted molar refractivity (Wildman–Crippen MR) is 63.5 cm³/mol.